The highest BCUT2D eigenvalue weighted by atomic mass is 32.1. The van der Waals surface area contributed by atoms with Crippen LogP contribution in [0.25, 0.3) is 21.3 Å². The summed E-state index contributed by atoms with van der Waals surface area (Å²) in [5.74, 6) is -2.48. The summed E-state index contributed by atoms with van der Waals surface area (Å²) in [4.78, 5) is 47.3. The number of nitrogens with one attached hydrogen (secondary N) is 2. The highest BCUT2D eigenvalue weighted by molar-refractivity contribution is 7.21. The normalized spacial score (nSPS) is 16.6. The summed E-state index contributed by atoms with van der Waals surface area (Å²) in [5, 5.41) is 6.44. The number of thiophene rings is 1. The third-order valence-electron chi connectivity index (χ3n) is 7.06. The summed E-state index contributed by atoms with van der Waals surface area (Å²) in [6, 6.07) is 11.5. The molecule has 2 N–H and O–H groups in total. The van der Waals surface area contributed by atoms with Gasteiger partial charge in [-0.25, -0.2) is 18.6 Å². The van der Waals surface area contributed by atoms with Crippen molar-refractivity contribution in [3.63, 3.8) is 0 Å². The molecule has 6 rings (SSSR count). The number of anilines is 3. The van der Waals surface area contributed by atoms with E-state index in [2.05, 4.69) is 22.2 Å². The van der Waals surface area contributed by atoms with Gasteiger partial charge < -0.3 is 15.5 Å². The van der Waals surface area contributed by atoms with Crippen molar-refractivity contribution in [2.75, 3.05) is 23.3 Å². The molecular formula is C29H23F2N5O3S. The van der Waals surface area contributed by atoms with Gasteiger partial charge in [-0.3, -0.25) is 14.5 Å². The molecule has 0 aliphatic carbocycles. The van der Waals surface area contributed by atoms with E-state index >= 15 is 0 Å². The zero-order chi connectivity index (χ0) is 28.0. The lowest BCUT2D eigenvalue weighted by Crippen LogP contribution is -2.49. The molecule has 4 aromatic rings. The highest BCUT2D eigenvalue weighted by Crippen LogP contribution is 2.46. The maximum absolute atomic E-state index is 14.5. The first-order valence-corrected chi connectivity index (χ1v) is 13.5. The van der Waals surface area contributed by atoms with Crippen LogP contribution in [0.15, 0.2) is 67.4 Å². The van der Waals surface area contributed by atoms with Crippen molar-refractivity contribution in [1.82, 2.24) is 15.2 Å². The van der Waals surface area contributed by atoms with Gasteiger partial charge in [0, 0.05) is 30.9 Å². The van der Waals surface area contributed by atoms with Crippen LogP contribution in [-0.2, 0) is 4.79 Å². The first kappa shape index (κ1) is 25.6. The number of likely N-dealkylation sites (tertiary alicyclic amines) is 1. The van der Waals surface area contributed by atoms with E-state index in [-0.39, 0.29) is 23.4 Å². The minimum atomic E-state index is -0.972. The van der Waals surface area contributed by atoms with Crippen molar-refractivity contribution in [2.45, 2.75) is 18.9 Å². The number of rotatable bonds is 5. The summed E-state index contributed by atoms with van der Waals surface area (Å²) in [6.07, 6.45) is 4.29. The Morgan fingerprint density at radius 1 is 1.18 bits per heavy atom. The van der Waals surface area contributed by atoms with Gasteiger partial charge in [0.15, 0.2) is 11.6 Å². The molecule has 1 unspecified atom stereocenters. The lowest BCUT2D eigenvalue weighted by molar-refractivity contribution is -0.127. The van der Waals surface area contributed by atoms with Crippen LogP contribution in [0.2, 0.25) is 0 Å². The molecule has 4 amide bonds. The van der Waals surface area contributed by atoms with Gasteiger partial charge in [0.1, 0.15) is 9.71 Å². The van der Waals surface area contributed by atoms with E-state index in [0.29, 0.717) is 50.8 Å². The summed E-state index contributed by atoms with van der Waals surface area (Å²) in [7, 11) is 0. The predicted molar refractivity (Wildman–Crippen MR) is 150 cm³/mol. The first-order chi connectivity index (χ1) is 19.4. The average Bonchev–Trinajstić information content (AvgIpc) is 3.34. The van der Waals surface area contributed by atoms with Crippen LogP contribution in [0.5, 0.6) is 0 Å². The van der Waals surface area contributed by atoms with Crippen LogP contribution >= 0.6 is 11.3 Å². The Morgan fingerprint density at radius 2 is 2.00 bits per heavy atom. The van der Waals surface area contributed by atoms with Crippen molar-refractivity contribution in [3.05, 3.63) is 83.9 Å². The minimum absolute atomic E-state index is 0.0744. The minimum Gasteiger partial charge on any atom is -0.347 e. The fourth-order valence-corrected chi connectivity index (χ4v) is 6.24. The Labute approximate surface area is 231 Å². The summed E-state index contributed by atoms with van der Waals surface area (Å²) < 4.78 is 28.4. The smallest absolute Gasteiger partial charge is 0.331 e. The van der Waals surface area contributed by atoms with E-state index < -0.39 is 17.7 Å². The fourth-order valence-electron chi connectivity index (χ4n) is 5.22. The number of hydrogen-bond donors (Lipinski definition) is 2. The number of hydrogen-bond acceptors (Lipinski definition) is 5. The number of nitrogens with zero attached hydrogens (tertiary/aromatic N) is 3. The zero-order valence-electron chi connectivity index (χ0n) is 21.1. The number of halogens is 2. The maximum atomic E-state index is 14.5. The van der Waals surface area contributed by atoms with Crippen molar-refractivity contribution < 1.29 is 23.2 Å². The van der Waals surface area contributed by atoms with E-state index in [9.17, 15) is 23.2 Å². The Kier molecular flexibility index (Phi) is 6.51. The van der Waals surface area contributed by atoms with Gasteiger partial charge in [-0.2, -0.15) is 0 Å². The molecule has 2 aromatic carbocycles. The van der Waals surface area contributed by atoms with Crippen LogP contribution in [0.4, 0.5) is 30.6 Å². The molecule has 0 radical (unpaired) electrons. The maximum Gasteiger partial charge on any atom is 0.331 e. The number of carbonyl (C=O) groups is 3. The van der Waals surface area contributed by atoms with E-state index in [1.165, 1.54) is 23.1 Å². The Morgan fingerprint density at radius 3 is 2.83 bits per heavy atom. The van der Waals surface area contributed by atoms with Crippen LogP contribution in [0, 0.1) is 11.6 Å². The second-order valence-electron chi connectivity index (χ2n) is 9.53. The number of pyridine rings is 1. The third kappa shape index (κ3) is 4.37. The van der Waals surface area contributed by atoms with Crippen LogP contribution < -0.4 is 15.5 Å². The van der Waals surface area contributed by atoms with Crippen molar-refractivity contribution >= 4 is 56.5 Å². The Bertz CT molecular complexity index is 1700. The highest BCUT2D eigenvalue weighted by Gasteiger charge is 2.34. The first-order valence-electron chi connectivity index (χ1n) is 12.6. The Hall–Kier alpha value is -4.64. The van der Waals surface area contributed by atoms with Gasteiger partial charge in [0.25, 0.3) is 5.91 Å². The van der Waals surface area contributed by atoms with Crippen molar-refractivity contribution in [3.8, 4) is 11.1 Å². The molecule has 202 valence electrons. The largest absolute Gasteiger partial charge is 0.347 e. The summed E-state index contributed by atoms with van der Waals surface area (Å²) in [5.41, 5.74) is 1.79. The lowest BCUT2D eigenvalue weighted by Gasteiger charge is -2.32. The van der Waals surface area contributed by atoms with E-state index in [4.69, 9.17) is 0 Å². The molecule has 2 aliphatic heterocycles. The quantitative estimate of drug-likeness (QED) is 0.301. The van der Waals surface area contributed by atoms with E-state index in [0.717, 1.165) is 30.2 Å². The number of aromatic nitrogens is 1. The molecule has 8 nitrogen and oxygen atoms in total. The summed E-state index contributed by atoms with van der Waals surface area (Å²) in [6.45, 7) is 4.52. The summed E-state index contributed by atoms with van der Waals surface area (Å²) >= 11 is 1.16. The molecular weight excluding hydrogens is 536 g/mol. The van der Waals surface area contributed by atoms with Gasteiger partial charge in [0.05, 0.1) is 22.4 Å². The molecule has 11 heteroatoms. The molecule has 0 bridgehead atoms. The van der Waals surface area contributed by atoms with Crippen molar-refractivity contribution in [1.29, 1.82) is 0 Å². The van der Waals surface area contributed by atoms with Crippen LogP contribution in [0.1, 0.15) is 22.5 Å². The number of benzene rings is 2. The molecule has 0 saturated carbocycles. The number of piperidine rings is 1. The molecule has 1 fully saturated rings. The van der Waals surface area contributed by atoms with Crippen LogP contribution in [0.3, 0.4) is 0 Å². The Balaban J connectivity index is 1.34. The molecule has 0 spiro atoms. The number of carbonyl (C=O) groups excluding carboxylic acids is 3. The van der Waals surface area contributed by atoms with Gasteiger partial charge >= 0.3 is 6.03 Å². The second kappa shape index (κ2) is 10.2. The van der Waals surface area contributed by atoms with E-state index in [1.54, 1.807) is 41.4 Å². The van der Waals surface area contributed by atoms with Crippen LogP contribution in [-0.4, -0.2) is 46.9 Å². The third-order valence-corrected chi connectivity index (χ3v) is 8.16. The van der Waals surface area contributed by atoms with Crippen molar-refractivity contribution in [2.24, 2.45) is 0 Å². The topological polar surface area (TPSA) is 94.6 Å². The monoisotopic (exact) mass is 559 g/mol. The molecule has 2 aromatic heterocycles. The standard InChI is InChI=1S/C29H23F2N5O3S/c1-2-22(37)35-13-5-7-17(15-35)33-27(38)26-25-23-21(11-12-32-28(23)40-26)36(29(39)34-25)18-8-3-6-16(14-18)19-9-4-10-20(30)24(19)31/h2-4,6,8-12,14,17H,1,5,7,13,15H2,(H,33,38)(H,34,39). The number of urea groups is 1. The van der Waals surface area contributed by atoms with Gasteiger partial charge in [-0.1, -0.05) is 30.8 Å². The molecule has 4 heterocycles. The lowest BCUT2D eigenvalue weighted by atomic mass is 10.0. The zero-order valence-corrected chi connectivity index (χ0v) is 21.9. The molecule has 40 heavy (non-hydrogen) atoms. The van der Waals surface area contributed by atoms with E-state index in [1.807, 2.05) is 0 Å². The average molecular weight is 560 g/mol. The molecule has 1 saturated heterocycles. The fraction of sp³-hybridized carbons (Fsp3) is 0.172. The van der Waals surface area contributed by atoms with Gasteiger partial charge in [-0.05, 0) is 48.7 Å². The predicted octanol–water partition coefficient (Wildman–Crippen LogP) is 5.83. The molecule has 2 aliphatic rings. The van der Waals surface area contributed by atoms with Gasteiger partial charge in [0.2, 0.25) is 5.91 Å². The van der Waals surface area contributed by atoms with Gasteiger partial charge in [-0.15, -0.1) is 11.3 Å². The SMILES string of the molecule is C=CC(=O)N1CCCC(NC(=O)c2sc3nccc4c3c2NC(=O)N4c2cccc(-c3cccc(F)c3F)c2)C1. The number of amides is 4. The molecule has 1 atom stereocenters. The second-order valence-corrected chi connectivity index (χ2v) is 10.5.